The summed E-state index contributed by atoms with van der Waals surface area (Å²) >= 11 is 0. The van der Waals surface area contributed by atoms with E-state index in [0.29, 0.717) is 5.92 Å². The second-order valence-electron chi connectivity index (χ2n) is 4.12. The predicted molar refractivity (Wildman–Crippen MR) is 62.7 cm³/mol. The number of aryl methyl sites for hydroxylation is 1. The van der Waals surface area contributed by atoms with Gasteiger partial charge in [0.15, 0.2) is 0 Å². The molecule has 0 aliphatic carbocycles. The third kappa shape index (κ3) is 1.94. The minimum Gasteiger partial charge on any atom is -0.268 e. The van der Waals surface area contributed by atoms with E-state index in [1.54, 1.807) is 0 Å². The second kappa shape index (κ2) is 3.89. The fourth-order valence-corrected chi connectivity index (χ4v) is 1.71. The lowest BCUT2D eigenvalue weighted by molar-refractivity contribution is 0.775. The first-order valence-electron chi connectivity index (χ1n) is 5.27. The molecule has 0 N–H and O–H groups in total. The zero-order valence-electron chi connectivity index (χ0n) is 9.44. The Kier molecular flexibility index (Phi) is 2.58. The molecule has 0 aliphatic rings. The lowest BCUT2D eigenvalue weighted by atomic mass is 10.00. The van der Waals surface area contributed by atoms with Gasteiger partial charge in [0, 0.05) is 18.8 Å². The Hall–Kier alpha value is -1.57. The first-order valence-corrected chi connectivity index (χ1v) is 5.27. The van der Waals surface area contributed by atoms with Crippen molar-refractivity contribution < 1.29 is 0 Å². The first-order chi connectivity index (χ1) is 7.18. The van der Waals surface area contributed by atoms with E-state index in [-0.39, 0.29) is 0 Å². The van der Waals surface area contributed by atoms with Crippen LogP contribution < -0.4 is 0 Å². The Balaban J connectivity index is 2.46. The Morgan fingerprint density at radius 1 is 1.20 bits per heavy atom. The van der Waals surface area contributed by atoms with Gasteiger partial charge in [-0.15, -0.1) is 0 Å². The number of rotatable bonds is 2. The van der Waals surface area contributed by atoms with Crippen molar-refractivity contribution in [1.29, 1.82) is 0 Å². The third-order valence-corrected chi connectivity index (χ3v) is 2.67. The van der Waals surface area contributed by atoms with E-state index in [9.17, 15) is 0 Å². The van der Waals surface area contributed by atoms with Gasteiger partial charge < -0.3 is 0 Å². The molecular weight excluding hydrogens is 184 g/mol. The molecule has 0 saturated heterocycles. The van der Waals surface area contributed by atoms with Crippen molar-refractivity contribution in [2.75, 3.05) is 0 Å². The van der Waals surface area contributed by atoms with Crippen LogP contribution in [0.2, 0.25) is 0 Å². The number of hydrogen-bond donors (Lipinski definition) is 0. The summed E-state index contributed by atoms with van der Waals surface area (Å²) in [6.07, 6.45) is 1.83. The summed E-state index contributed by atoms with van der Waals surface area (Å²) in [7, 11) is 1.97. The summed E-state index contributed by atoms with van der Waals surface area (Å²) in [5, 5.41) is 4.18. The van der Waals surface area contributed by atoms with Crippen LogP contribution >= 0.6 is 0 Å². The molecule has 1 aromatic carbocycles. The van der Waals surface area contributed by atoms with Gasteiger partial charge in [-0.2, -0.15) is 5.10 Å². The van der Waals surface area contributed by atoms with E-state index >= 15 is 0 Å². The van der Waals surface area contributed by atoms with Gasteiger partial charge in [-0.25, -0.2) is 0 Å². The van der Waals surface area contributed by atoms with Gasteiger partial charge in [0.1, 0.15) is 0 Å². The molecule has 1 heterocycles. The number of hydrogen-bond acceptors (Lipinski definition) is 1. The molecule has 2 rings (SSSR count). The van der Waals surface area contributed by atoms with Gasteiger partial charge in [0.05, 0.1) is 5.69 Å². The Bertz CT molecular complexity index is 455. The maximum atomic E-state index is 4.18. The molecule has 0 saturated carbocycles. The highest BCUT2D eigenvalue weighted by atomic mass is 15.2. The summed E-state index contributed by atoms with van der Waals surface area (Å²) in [6.45, 7) is 4.42. The molecule has 78 valence electrons. The Labute approximate surface area is 90.6 Å². The molecule has 0 atom stereocenters. The topological polar surface area (TPSA) is 17.8 Å². The minimum absolute atomic E-state index is 0.568. The number of nitrogens with zero attached hydrogens (tertiary/aromatic N) is 2. The Morgan fingerprint density at radius 3 is 2.60 bits per heavy atom. The van der Waals surface area contributed by atoms with Crippen molar-refractivity contribution in [3.05, 3.63) is 42.1 Å². The zero-order chi connectivity index (χ0) is 10.8. The van der Waals surface area contributed by atoms with Crippen LogP contribution in [-0.4, -0.2) is 9.78 Å². The molecule has 0 radical (unpaired) electrons. The van der Waals surface area contributed by atoms with Crippen molar-refractivity contribution in [2.24, 2.45) is 7.05 Å². The van der Waals surface area contributed by atoms with Crippen LogP contribution in [0.4, 0.5) is 0 Å². The summed E-state index contributed by atoms with van der Waals surface area (Å²) < 4.78 is 1.90. The predicted octanol–water partition coefficient (Wildman–Crippen LogP) is 3.21. The molecule has 0 bridgehead atoms. The maximum absolute atomic E-state index is 4.18. The van der Waals surface area contributed by atoms with E-state index in [2.05, 4.69) is 43.2 Å². The molecule has 0 fully saturated rings. The third-order valence-electron chi connectivity index (χ3n) is 2.67. The molecule has 2 heteroatoms. The largest absolute Gasteiger partial charge is 0.268 e. The van der Waals surface area contributed by atoms with Crippen molar-refractivity contribution in [2.45, 2.75) is 19.8 Å². The van der Waals surface area contributed by atoms with Gasteiger partial charge in [0.25, 0.3) is 0 Å². The van der Waals surface area contributed by atoms with Crippen molar-refractivity contribution in [3.63, 3.8) is 0 Å². The molecule has 0 aliphatic heterocycles. The molecule has 1 aromatic heterocycles. The molecule has 15 heavy (non-hydrogen) atoms. The first kappa shape index (κ1) is 9.97. The lowest BCUT2D eigenvalue weighted by Gasteiger charge is -2.08. The molecule has 2 aromatic rings. The normalized spacial score (nSPS) is 10.9. The SMILES string of the molecule is CC(C)c1cccc(-c2ccnn2C)c1. The van der Waals surface area contributed by atoms with Gasteiger partial charge in [0.2, 0.25) is 0 Å². The summed E-state index contributed by atoms with van der Waals surface area (Å²) in [5.74, 6) is 0.568. The van der Waals surface area contributed by atoms with Crippen LogP contribution in [0.5, 0.6) is 0 Å². The van der Waals surface area contributed by atoms with Crippen LogP contribution in [0, 0.1) is 0 Å². The second-order valence-corrected chi connectivity index (χ2v) is 4.12. The van der Waals surface area contributed by atoms with Crippen molar-refractivity contribution in [1.82, 2.24) is 9.78 Å². The van der Waals surface area contributed by atoms with E-state index in [1.807, 2.05) is 24.0 Å². The van der Waals surface area contributed by atoms with Crippen LogP contribution in [0.3, 0.4) is 0 Å². The number of benzene rings is 1. The van der Waals surface area contributed by atoms with Gasteiger partial charge in [-0.3, -0.25) is 4.68 Å². The number of aromatic nitrogens is 2. The van der Waals surface area contributed by atoms with E-state index in [1.165, 1.54) is 11.1 Å². The molecule has 0 unspecified atom stereocenters. The smallest absolute Gasteiger partial charge is 0.0678 e. The fraction of sp³-hybridized carbons (Fsp3) is 0.308. The van der Waals surface area contributed by atoms with Crippen LogP contribution in [-0.2, 0) is 7.05 Å². The highest BCUT2D eigenvalue weighted by molar-refractivity contribution is 5.60. The quantitative estimate of drug-likeness (QED) is 0.727. The standard InChI is InChI=1S/C13H16N2/c1-10(2)11-5-4-6-12(9-11)13-7-8-14-15(13)3/h4-10H,1-3H3. The van der Waals surface area contributed by atoms with Crippen LogP contribution in [0.1, 0.15) is 25.3 Å². The van der Waals surface area contributed by atoms with Gasteiger partial charge >= 0.3 is 0 Å². The van der Waals surface area contributed by atoms with Crippen LogP contribution in [0.25, 0.3) is 11.3 Å². The lowest BCUT2D eigenvalue weighted by Crippen LogP contribution is -1.94. The molecule has 2 nitrogen and oxygen atoms in total. The zero-order valence-corrected chi connectivity index (χ0v) is 9.44. The fourth-order valence-electron chi connectivity index (χ4n) is 1.71. The molecular formula is C13H16N2. The van der Waals surface area contributed by atoms with Crippen molar-refractivity contribution in [3.8, 4) is 11.3 Å². The highest BCUT2D eigenvalue weighted by Crippen LogP contribution is 2.23. The highest BCUT2D eigenvalue weighted by Gasteiger charge is 2.04. The van der Waals surface area contributed by atoms with E-state index in [0.717, 1.165) is 5.69 Å². The van der Waals surface area contributed by atoms with Gasteiger partial charge in [-0.1, -0.05) is 32.0 Å². The minimum atomic E-state index is 0.568. The van der Waals surface area contributed by atoms with Gasteiger partial charge in [-0.05, 0) is 23.6 Å². The average Bonchev–Trinajstić information content (AvgIpc) is 2.64. The van der Waals surface area contributed by atoms with Crippen molar-refractivity contribution >= 4 is 0 Å². The van der Waals surface area contributed by atoms with E-state index < -0.39 is 0 Å². The maximum Gasteiger partial charge on any atom is 0.0678 e. The summed E-state index contributed by atoms with van der Waals surface area (Å²) in [5.41, 5.74) is 3.77. The van der Waals surface area contributed by atoms with Crippen LogP contribution in [0.15, 0.2) is 36.5 Å². The average molecular weight is 200 g/mol. The summed E-state index contributed by atoms with van der Waals surface area (Å²) in [4.78, 5) is 0. The molecule has 0 spiro atoms. The molecule has 0 amide bonds. The monoisotopic (exact) mass is 200 g/mol. The Morgan fingerprint density at radius 2 is 2.00 bits per heavy atom. The summed E-state index contributed by atoms with van der Waals surface area (Å²) in [6, 6.07) is 10.7. The van der Waals surface area contributed by atoms with E-state index in [4.69, 9.17) is 0 Å².